The number of nitrogens with zero attached hydrogens (tertiary/aromatic N) is 3. The zero-order valence-electron chi connectivity index (χ0n) is 12.4. The van der Waals surface area contributed by atoms with Gasteiger partial charge in [0.2, 0.25) is 0 Å². The highest BCUT2D eigenvalue weighted by atomic mass is 32.2. The summed E-state index contributed by atoms with van der Waals surface area (Å²) in [6, 6.07) is 0. The third-order valence-electron chi connectivity index (χ3n) is 3.95. The molecule has 0 aromatic carbocycles. The summed E-state index contributed by atoms with van der Waals surface area (Å²) in [5, 5.41) is 0. The summed E-state index contributed by atoms with van der Waals surface area (Å²) in [4.78, 5) is 16.1. The number of hydrogen-bond acceptors (Lipinski definition) is 5. The van der Waals surface area contributed by atoms with Crippen LogP contribution in [0, 0.1) is 0 Å². The van der Waals surface area contributed by atoms with Gasteiger partial charge in [-0.25, -0.2) is 8.42 Å². The van der Waals surface area contributed by atoms with Crippen LogP contribution in [0.1, 0.15) is 13.3 Å². The van der Waals surface area contributed by atoms with Gasteiger partial charge in [-0.05, 0) is 18.6 Å². The van der Waals surface area contributed by atoms with Gasteiger partial charge in [0, 0.05) is 25.8 Å². The first kappa shape index (κ1) is 15.2. The number of rotatable bonds is 2. The van der Waals surface area contributed by atoms with Crippen LogP contribution in [0.4, 0.5) is 0 Å². The van der Waals surface area contributed by atoms with Gasteiger partial charge in [0.1, 0.15) is 5.84 Å². The third kappa shape index (κ3) is 3.07. The van der Waals surface area contributed by atoms with Gasteiger partial charge in [-0.2, -0.15) is 0 Å². The van der Waals surface area contributed by atoms with Crippen molar-refractivity contribution in [3.05, 3.63) is 23.9 Å². The topological polar surface area (TPSA) is 79.3 Å². The smallest absolute Gasteiger partial charge is 0.256 e. The number of carbonyl (C=O) groups excluding carboxylic acids is 1. The maximum atomic E-state index is 12.6. The number of amides is 1. The lowest BCUT2D eigenvalue weighted by Gasteiger charge is -2.34. The van der Waals surface area contributed by atoms with Crippen molar-refractivity contribution in [2.75, 3.05) is 32.0 Å². The number of ether oxygens (including phenoxy) is 1. The van der Waals surface area contributed by atoms with Crippen molar-refractivity contribution in [3.8, 4) is 0 Å². The number of fused-ring (bicyclic) bond motifs is 1. The van der Waals surface area contributed by atoms with Gasteiger partial charge in [-0.3, -0.25) is 4.79 Å². The van der Waals surface area contributed by atoms with E-state index in [-0.39, 0.29) is 17.8 Å². The number of carbonyl (C=O) groups is 1. The van der Waals surface area contributed by atoms with Crippen molar-refractivity contribution in [1.29, 1.82) is 0 Å². The lowest BCUT2D eigenvalue weighted by molar-refractivity contribution is -0.134. The Labute approximate surface area is 130 Å². The van der Waals surface area contributed by atoms with E-state index in [9.17, 15) is 13.2 Å². The molecule has 0 saturated carbocycles. The first-order valence-electron chi connectivity index (χ1n) is 7.38. The van der Waals surface area contributed by atoms with Gasteiger partial charge < -0.3 is 14.5 Å². The minimum Gasteiger partial charge on any atom is -0.375 e. The summed E-state index contributed by atoms with van der Waals surface area (Å²) in [6.07, 6.45) is 5.87. The first-order valence-corrected chi connectivity index (χ1v) is 8.99. The van der Waals surface area contributed by atoms with Gasteiger partial charge in [0.25, 0.3) is 15.9 Å². The second-order valence-corrected chi connectivity index (χ2v) is 7.25. The Morgan fingerprint density at radius 2 is 2.23 bits per heavy atom. The Kier molecular flexibility index (Phi) is 4.05. The molecule has 0 aromatic rings. The van der Waals surface area contributed by atoms with Crippen molar-refractivity contribution in [3.63, 3.8) is 0 Å². The van der Waals surface area contributed by atoms with Crippen molar-refractivity contribution in [1.82, 2.24) is 9.80 Å². The molecule has 7 nitrogen and oxygen atoms in total. The molecule has 3 aliphatic heterocycles. The Hall–Kier alpha value is -1.67. The number of morpholine rings is 1. The van der Waals surface area contributed by atoms with E-state index < -0.39 is 10.0 Å². The number of amidine groups is 1. The summed E-state index contributed by atoms with van der Waals surface area (Å²) >= 11 is 0. The van der Waals surface area contributed by atoms with Crippen LogP contribution < -0.4 is 0 Å². The largest absolute Gasteiger partial charge is 0.375 e. The van der Waals surface area contributed by atoms with E-state index in [2.05, 4.69) is 4.40 Å². The van der Waals surface area contributed by atoms with Crippen LogP contribution in [-0.2, 0) is 19.6 Å². The minimum absolute atomic E-state index is 0.0300. The van der Waals surface area contributed by atoms with E-state index in [1.165, 1.54) is 0 Å². The van der Waals surface area contributed by atoms with E-state index >= 15 is 0 Å². The fraction of sp³-hybridized carbons (Fsp3) is 0.571. The molecule has 0 spiro atoms. The molecule has 1 atom stereocenters. The second kappa shape index (κ2) is 5.85. The zero-order chi connectivity index (χ0) is 15.7. The van der Waals surface area contributed by atoms with Gasteiger partial charge in [0.15, 0.2) is 0 Å². The van der Waals surface area contributed by atoms with E-state index in [4.69, 9.17) is 4.74 Å². The molecule has 0 aromatic heterocycles. The van der Waals surface area contributed by atoms with Crippen molar-refractivity contribution in [2.45, 2.75) is 19.4 Å². The molecule has 3 rings (SSSR count). The van der Waals surface area contributed by atoms with Gasteiger partial charge in [-0.15, -0.1) is 4.40 Å². The zero-order valence-corrected chi connectivity index (χ0v) is 13.3. The van der Waals surface area contributed by atoms with Crippen LogP contribution >= 0.6 is 0 Å². The van der Waals surface area contributed by atoms with Crippen LogP contribution in [0.15, 0.2) is 28.3 Å². The predicted octanol–water partition coefficient (Wildman–Crippen LogP) is 0.121. The van der Waals surface area contributed by atoms with Crippen LogP contribution in [0.5, 0.6) is 0 Å². The average Bonchev–Trinajstić information content (AvgIpc) is 2.53. The lowest BCUT2D eigenvalue weighted by atomic mass is 10.1. The summed E-state index contributed by atoms with van der Waals surface area (Å²) in [5.74, 6) is 0.291. The van der Waals surface area contributed by atoms with Crippen molar-refractivity contribution >= 4 is 21.8 Å². The number of hydrogen-bond donors (Lipinski definition) is 0. The van der Waals surface area contributed by atoms with Crippen LogP contribution in [0.25, 0.3) is 0 Å². The van der Waals surface area contributed by atoms with Crippen LogP contribution in [0.2, 0.25) is 0 Å². The predicted molar refractivity (Wildman–Crippen MR) is 81.8 cm³/mol. The van der Waals surface area contributed by atoms with Gasteiger partial charge in [0.05, 0.1) is 24.0 Å². The van der Waals surface area contributed by atoms with E-state index in [1.54, 1.807) is 28.2 Å². The lowest BCUT2D eigenvalue weighted by Crippen LogP contribution is -2.46. The second-order valence-electron chi connectivity index (χ2n) is 5.50. The normalized spacial score (nSPS) is 27.0. The fourth-order valence-electron chi connectivity index (χ4n) is 2.66. The Morgan fingerprint density at radius 3 is 3.00 bits per heavy atom. The molecule has 1 amide bonds. The van der Waals surface area contributed by atoms with E-state index in [0.29, 0.717) is 37.6 Å². The Morgan fingerprint density at radius 1 is 1.41 bits per heavy atom. The molecule has 3 aliphatic rings. The quantitative estimate of drug-likeness (QED) is 0.720. The fourth-order valence-corrected chi connectivity index (χ4v) is 3.63. The molecule has 8 heteroatoms. The minimum atomic E-state index is -3.37. The molecule has 3 heterocycles. The highest BCUT2D eigenvalue weighted by Gasteiger charge is 2.28. The SMILES string of the molecule is CCC1CN(C(=O)C2=CN3CCS(=O)(=O)N=C3C=C2)CCO1. The summed E-state index contributed by atoms with van der Waals surface area (Å²) in [7, 11) is -3.37. The third-order valence-corrected chi connectivity index (χ3v) is 5.12. The molecular weight excluding hydrogens is 306 g/mol. The standard InChI is InChI=1S/C14H19N3O4S/c1-2-12-10-17(5-7-21-12)14(18)11-3-4-13-15-22(19,20)8-6-16(13)9-11/h3-4,9,12H,2,5-8,10H2,1H3. The van der Waals surface area contributed by atoms with Gasteiger partial charge >= 0.3 is 0 Å². The molecule has 0 bridgehead atoms. The Balaban J connectivity index is 1.75. The van der Waals surface area contributed by atoms with E-state index in [0.717, 1.165) is 6.42 Å². The molecule has 0 N–H and O–H groups in total. The summed E-state index contributed by atoms with van der Waals surface area (Å²) in [5.41, 5.74) is 0.551. The molecule has 120 valence electrons. The maximum absolute atomic E-state index is 12.6. The first-order chi connectivity index (χ1) is 10.5. The molecule has 0 radical (unpaired) electrons. The van der Waals surface area contributed by atoms with Crippen molar-refractivity contribution < 1.29 is 17.9 Å². The summed E-state index contributed by atoms with van der Waals surface area (Å²) < 4.78 is 32.2. The maximum Gasteiger partial charge on any atom is 0.256 e. The van der Waals surface area contributed by atoms with Crippen molar-refractivity contribution in [2.24, 2.45) is 4.40 Å². The molecular formula is C14H19N3O4S. The number of sulfonamides is 1. The average molecular weight is 325 g/mol. The molecule has 1 fully saturated rings. The molecule has 1 saturated heterocycles. The van der Waals surface area contributed by atoms with Gasteiger partial charge in [-0.1, -0.05) is 6.92 Å². The van der Waals surface area contributed by atoms with Crippen LogP contribution in [0.3, 0.4) is 0 Å². The summed E-state index contributed by atoms with van der Waals surface area (Å²) in [6.45, 7) is 4.08. The monoisotopic (exact) mass is 325 g/mol. The highest BCUT2D eigenvalue weighted by molar-refractivity contribution is 7.90. The molecule has 0 aliphatic carbocycles. The molecule has 1 unspecified atom stereocenters. The highest BCUT2D eigenvalue weighted by Crippen LogP contribution is 2.19. The van der Waals surface area contributed by atoms with Crippen LogP contribution in [-0.4, -0.2) is 68.1 Å². The molecule has 22 heavy (non-hydrogen) atoms. The van der Waals surface area contributed by atoms with E-state index in [1.807, 2.05) is 6.92 Å². The Bertz CT molecular complexity index is 666.